The van der Waals surface area contributed by atoms with E-state index in [0.717, 1.165) is 6.42 Å². The Kier molecular flexibility index (Phi) is 5.63. The molecule has 0 spiro atoms. The third-order valence-corrected chi connectivity index (χ3v) is 5.73. The summed E-state index contributed by atoms with van der Waals surface area (Å²) < 4.78 is 13.1. The van der Waals surface area contributed by atoms with Gasteiger partial charge in [0.05, 0.1) is 13.2 Å². The van der Waals surface area contributed by atoms with E-state index >= 15 is 0 Å². The lowest BCUT2D eigenvalue weighted by atomic mass is 9.87. The molecule has 0 amide bonds. The second-order valence-corrected chi connectivity index (χ2v) is 7.57. The van der Waals surface area contributed by atoms with Gasteiger partial charge in [-0.05, 0) is 12.3 Å². The summed E-state index contributed by atoms with van der Waals surface area (Å²) in [6, 6.07) is 0.202. The molecule has 1 saturated carbocycles. The van der Waals surface area contributed by atoms with Crippen LogP contribution in [0, 0.1) is 5.92 Å². The molecule has 2 aromatic rings. The molecule has 0 bridgehead atoms. The topological polar surface area (TPSA) is 149 Å². The minimum atomic E-state index is -1.27. The van der Waals surface area contributed by atoms with Crippen LogP contribution >= 0.6 is 0 Å². The third-order valence-electron chi connectivity index (χ3n) is 5.73. The summed E-state index contributed by atoms with van der Waals surface area (Å²) in [6.45, 7) is 0.0481. The van der Waals surface area contributed by atoms with E-state index in [1.54, 1.807) is 0 Å². The predicted octanol–water partition coefficient (Wildman–Crippen LogP) is 0.369. The normalized spacial score (nSPS) is 28.8. The van der Waals surface area contributed by atoms with Crippen LogP contribution in [0.4, 0.5) is 5.82 Å². The number of hydrogen-bond acceptors (Lipinski definition) is 9. The van der Waals surface area contributed by atoms with Gasteiger partial charge in [-0.1, -0.05) is 32.1 Å². The first-order valence-electron chi connectivity index (χ1n) is 9.83. The average Bonchev–Trinajstić information content (AvgIpc) is 3.21. The van der Waals surface area contributed by atoms with Gasteiger partial charge in [0.25, 0.3) is 0 Å². The van der Waals surface area contributed by atoms with Crippen molar-refractivity contribution >= 4 is 17.0 Å². The van der Waals surface area contributed by atoms with Gasteiger partial charge >= 0.3 is 6.01 Å². The van der Waals surface area contributed by atoms with Crippen molar-refractivity contribution in [2.24, 2.45) is 5.92 Å². The number of aliphatic hydroxyl groups excluding tert-OH is 3. The molecule has 4 atom stereocenters. The van der Waals surface area contributed by atoms with Crippen molar-refractivity contribution in [3.05, 3.63) is 6.33 Å². The molecular weight excluding hydrogens is 366 g/mol. The molecule has 4 rings (SSSR count). The Morgan fingerprint density at radius 1 is 1.18 bits per heavy atom. The highest BCUT2D eigenvalue weighted by molar-refractivity contribution is 5.82. The summed E-state index contributed by atoms with van der Waals surface area (Å²) in [5.41, 5.74) is 6.61. The third kappa shape index (κ3) is 3.52. The molecule has 2 aliphatic rings. The lowest BCUT2D eigenvalue weighted by Crippen LogP contribution is -2.33. The second kappa shape index (κ2) is 8.16. The summed E-state index contributed by atoms with van der Waals surface area (Å²) in [4.78, 5) is 12.6. The number of rotatable bonds is 6. The molecule has 0 radical (unpaired) electrons. The second-order valence-electron chi connectivity index (χ2n) is 7.57. The van der Waals surface area contributed by atoms with E-state index < -0.39 is 31.1 Å². The quantitative estimate of drug-likeness (QED) is 0.546. The van der Waals surface area contributed by atoms with Crippen molar-refractivity contribution in [1.29, 1.82) is 0 Å². The Balaban J connectivity index is 1.60. The van der Waals surface area contributed by atoms with Crippen LogP contribution < -0.4 is 10.5 Å². The van der Waals surface area contributed by atoms with Gasteiger partial charge in [0.1, 0.15) is 24.6 Å². The molecule has 2 fully saturated rings. The molecule has 0 unspecified atom stereocenters. The number of aromatic nitrogens is 4. The maximum Gasteiger partial charge on any atom is 0.301 e. The monoisotopic (exact) mass is 393 g/mol. The van der Waals surface area contributed by atoms with Crippen LogP contribution in [0.2, 0.25) is 0 Å². The van der Waals surface area contributed by atoms with Crippen molar-refractivity contribution in [1.82, 2.24) is 19.5 Å². The zero-order chi connectivity index (χ0) is 19.7. The highest BCUT2D eigenvalue weighted by Gasteiger charge is 2.45. The molecule has 10 nitrogen and oxygen atoms in total. The van der Waals surface area contributed by atoms with E-state index in [-0.39, 0.29) is 11.8 Å². The molecule has 3 heterocycles. The van der Waals surface area contributed by atoms with Crippen LogP contribution in [-0.2, 0) is 4.74 Å². The van der Waals surface area contributed by atoms with E-state index in [1.807, 2.05) is 0 Å². The van der Waals surface area contributed by atoms with Crippen LogP contribution in [0.5, 0.6) is 6.01 Å². The van der Waals surface area contributed by atoms with Gasteiger partial charge < -0.3 is 30.5 Å². The fourth-order valence-electron chi connectivity index (χ4n) is 4.12. The minimum Gasteiger partial charge on any atom is -0.465 e. The minimum absolute atomic E-state index is 0.188. The lowest BCUT2D eigenvalue weighted by molar-refractivity contribution is -0.0544. The number of hydrogen-bond donors (Lipinski definition) is 4. The molecule has 28 heavy (non-hydrogen) atoms. The van der Waals surface area contributed by atoms with Gasteiger partial charge in [-0.15, -0.1) is 0 Å². The molecule has 10 heteroatoms. The number of nitrogens with two attached hydrogens (primary N) is 1. The Bertz CT molecular complexity index is 809. The molecule has 1 saturated heterocycles. The largest absolute Gasteiger partial charge is 0.465 e. The van der Waals surface area contributed by atoms with E-state index in [9.17, 15) is 15.3 Å². The van der Waals surface area contributed by atoms with Crippen LogP contribution in [0.3, 0.4) is 0 Å². The number of nitrogen functional groups attached to an aromatic ring is 1. The average molecular weight is 393 g/mol. The van der Waals surface area contributed by atoms with Gasteiger partial charge in [-0.2, -0.15) is 4.98 Å². The Morgan fingerprint density at radius 2 is 1.96 bits per heavy atom. The summed E-state index contributed by atoms with van der Waals surface area (Å²) in [7, 11) is 0. The molecular formula is C18H27N5O5. The van der Waals surface area contributed by atoms with Crippen molar-refractivity contribution in [3.8, 4) is 6.01 Å². The summed E-state index contributed by atoms with van der Waals surface area (Å²) in [5, 5.41) is 30.0. The maximum atomic E-state index is 10.4. The first kappa shape index (κ1) is 19.3. The van der Waals surface area contributed by atoms with Crippen molar-refractivity contribution in [2.45, 2.75) is 63.1 Å². The van der Waals surface area contributed by atoms with Crippen LogP contribution in [-0.4, -0.2) is 66.4 Å². The smallest absolute Gasteiger partial charge is 0.301 e. The zero-order valence-corrected chi connectivity index (χ0v) is 15.6. The standard InChI is InChI=1S/C18H27N5O5/c19-15-12-16(21-9-20-15)23(17-14(26)13(25)11(8-24)28-17)18(22-12)27-7-6-10-4-2-1-3-5-10/h9-11,13-14,17,24-26H,1-8H2,(H2,19,20,21)/t11-,13-,14-,17-/m1/s1. The van der Waals surface area contributed by atoms with E-state index in [2.05, 4.69) is 15.0 Å². The number of nitrogens with zero attached hydrogens (tertiary/aromatic N) is 4. The van der Waals surface area contributed by atoms with E-state index in [1.165, 1.54) is 43.0 Å². The van der Waals surface area contributed by atoms with Crippen molar-refractivity contribution < 1.29 is 24.8 Å². The van der Waals surface area contributed by atoms with Crippen LogP contribution in [0.25, 0.3) is 11.2 Å². The highest BCUT2D eigenvalue weighted by Crippen LogP contribution is 2.36. The Labute approximate surface area is 162 Å². The van der Waals surface area contributed by atoms with Crippen LogP contribution in [0.15, 0.2) is 6.33 Å². The van der Waals surface area contributed by atoms with Crippen molar-refractivity contribution in [3.63, 3.8) is 0 Å². The maximum absolute atomic E-state index is 10.4. The number of fused-ring (bicyclic) bond motifs is 1. The number of anilines is 1. The summed E-state index contributed by atoms with van der Waals surface area (Å²) >= 11 is 0. The lowest BCUT2D eigenvalue weighted by Gasteiger charge is -2.22. The Hall–Kier alpha value is -2.01. The molecule has 5 N–H and O–H groups in total. The van der Waals surface area contributed by atoms with Gasteiger partial charge in [0.15, 0.2) is 23.2 Å². The predicted molar refractivity (Wildman–Crippen MR) is 99.4 cm³/mol. The zero-order valence-electron chi connectivity index (χ0n) is 15.6. The van der Waals surface area contributed by atoms with E-state index in [0.29, 0.717) is 23.7 Å². The van der Waals surface area contributed by atoms with E-state index in [4.69, 9.17) is 15.2 Å². The molecule has 154 valence electrons. The van der Waals surface area contributed by atoms with Gasteiger partial charge in [-0.25, -0.2) is 14.5 Å². The number of imidazole rings is 1. The molecule has 0 aromatic carbocycles. The van der Waals surface area contributed by atoms with Gasteiger partial charge in [0, 0.05) is 0 Å². The first-order valence-corrected chi connectivity index (χ1v) is 9.83. The summed E-state index contributed by atoms with van der Waals surface area (Å²) in [5.74, 6) is 0.831. The molecule has 2 aromatic heterocycles. The fraction of sp³-hybridized carbons (Fsp3) is 0.722. The van der Waals surface area contributed by atoms with Gasteiger partial charge in [0.2, 0.25) is 0 Å². The summed E-state index contributed by atoms with van der Waals surface area (Å²) in [6.07, 6.45) is 4.05. The SMILES string of the molecule is Nc1ncnc2c1nc(OCCC1CCCCC1)n2[C@@H]1O[C@H](CO)[C@@H](O)[C@H]1O. The number of aliphatic hydroxyl groups is 3. The van der Waals surface area contributed by atoms with Crippen LogP contribution in [0.1, 0.15) is 44.8 Å². The Morgan fingerprint density at radius 3 is 2.68 bits per heavy atom. The molecule has 1 aliphatic heterocycles. The highest BCUT2D eigenvalue weighted by atomic mass is 16.6. The first-order chi connectivity index (χ1) is 13.6. The number of ether oxygens (including phenoxy) is 2. The fourth-order valence-corrected chi connectivity index (χ4v) is 4.12. The molecule has 1 aliphatic carbocycles. The van der Waals surface area contributed by atoms with Crippen molar-refractivity contribution in [2.75, 3.05) is 18.9 Å². The van der Waals surface area contributed by atoms with Gasteiger partial charge in [-0.3, -0.25) is 0 Å².